The number of hydrogen-bond acceptors (Lipinski definition) is 3. The third-order valence-corrected chi connectivity index (χ3v) is 6.34. The number of aliphatic hydroxyl groups excluding tert-OH is 1. The summed E-state index contributed by atoms with van der Waals surface area (Å²) in [5, 5.41) is 19.9. The van der Waals surface area contributed by atoms with Crippen molar-refractivity contribution < 1.29 is 15.0 Å². The fraction of sp³-hybridized carbons (Fsp3) is 0.762. The van der Waals surface area contributed by atoms with Crippen molar-refractivity contribution in [1.29, 1.82) is 0 Å². The standard InChI is InChI=1S/C21H34ClNO3/c1-3-5-6-7-16(24)10-12-23-13-11-19(22)20(23)18-14-15(4-2)8-9-17(18)21(25)26/h8-9,16,18-20,24H,3-7,10-14H2,1-2H3,(H,25,26)/t16-,18?,19?,20-/m0/s1. The van der Waals surface area contributed by atoms with Gasteiger partial charge in [0.25, 0.3) is 0 Å². The topological polar surface area (TPSA) is 60.8 Å². The van der Waals surface area contributed by atoms with E-state index >= 15 is 0 Å². The van der Waals surface area contributed by atoms with Gasteiger partial charge in [-0.2, -0.15) is 0 Å². The fourth-order valence-corrected chi connectivity index (χ4v) is 4.72. The minimum Gasteiger partial charge on any atom is -0.478 e. The van der Waals surface area contributed by atoms with E-state index < -0.39 is 5.97 Å². The molecule has 5 heteroatoms. The molecule has 2 rings (SSSR count). The van der Waals surface area contributed by atoms with Crippen LogP contribution < -0.4 is 0 Å². The Hall–Kier alpha value is -0.840. The van der Waals surface area contributed by atoms with Crippen LogP contribution in [0.3, 0.4) is 0 Å². The number of rotatable bonds is 10. The third-order valence-electron chi connectivity index (χ3n) is 5.87. The molecule has 0 spiro atoms. The SMILES string of the molecule is CCCCC[C@H](O)CCN1CCC(Cl)[C@@H]1C1CC(CC)=CC=C1C(=O)O. The van der Waals surface area contributed by atoms with Gasteiger partial charge < -0.3 is 10.2 Å². The van der Waals surface area contributed by atoms with Gasteiger partial charge >= 0.3 is 5.97 Å². The molecule has 1 heterocycles. The number of halogens is 1. The zero-order valence-electron chi connectivity index (χ0n) is 16.2. The van der Waals surface area contributed by atoms with Crippen molar-refractivity contribution in [2.75, 3.05) is 13.1 Å². The zero-order chi connectivity index (χ0) is 19.1. The molecule has 4 nitrogen and oxygen atoms in total. The number of carboxylic acid groups (broad SMARTS) is 1. The molecule has 0 aromatic heterocycles. The van der Waals surface area contributed by atoms with E-state index in [0.717, 1.165) is 64.5 Å². The van der Waals surface area contributed by atoms with E-state index in [9.17, 15) is 15.0 Å². The van der Waals surface area contributed by atoms with Crippen LogP contribution in [0.2, 0.25) is 0 Å². The number of aliphatic carboxylic acids is 1. The summed E-state index contributed by atoms with van der Waals surface area (Å²) in [5.74, 6) is -0.897. The first-order valence-corrected chi connectivity index (χ1v) is 10.6. The molecule has 1 saturated heterocycles. The lowest BCUT2D eigenvalue weighted by Crippen LogP contribution is -2.43. The zero-order valence-corrected chi connectivity index (χ0v) is 16.9. The van der Waals surface area contributed by atoms with Gasteiger partial charge in [-0.1, -0.05) is 50.8 Å². The molecule has 4 atom stereocenters. The molecule has 2 unspecified atom stereocenters. The number of aliphatic hydroxyl groups is 1. The summed E-state index contributed by atoms with van der Waals surface area (Å²) >= 11 is 6.64. The molecule has 1 fully saturated rings. The molecular formula is C21H34ClNO3. The number of unbranched alkanes of at least 4 members (excludes halogenated alkanes) is 2. The second-order valence-electron chi connectivity index (χ2n) is 7.69. The van der Waals surface area contributed by atoms with Crippen molar-refractivity contribution >= 4 is 17.6 Å². The Morgan fingerprint density at radius 3 is 2.73 bits per heavy atom. The summed E-state index contributed by atoms with van der Waals surface area (Å²) < 4.78 is 0. The summed E-state index contributed by atoms with van der Waals surface area (Å²) in [5.41, 5.74) is 1.77. The van der Waals surface area contributed by atoms with Crippen molar-refractivity contribution in [3.8, 4) is 0 Å². The van der Waals surface area contributed by atoms with Gasteiger partial charge in [0.15, 0.2) is 0 Å². The normalized spacial score (nSPS) is 27.9. The van der Waals surface area contributed by atoms with Gasteiger partial charge in [-0.25, -0.2) is 4.79 Å². The van der Waals surface area contributed by atoms with Crippen molar-refractivity contribution in [2.24, 2.45) is 5.92 Å². The third kappa shape index (κ3) is 5.58. The highest BCUT2D eigenvalue weighted by Gasteiger charge is 2.42. The average molecular weight is 384 g/mol. The maximum absolute atomic E-state index is 11.7. The van der Waals surface area contributed by atoms with Crippen molar-refractivity contribution in [2.45, 2.75) is 82.7 Å². The number of carbonyl (C=O) groups is 1. The van der Waals surface area contributed by atoms with Gasteiger partial charge in [0, 0.05) is 24.1 Å². The van der Waals surface area contributed by atoms with E-state index in [2.05, 4.69) is 18.7 Å². The van der Waals surface area contributed by atoms with E-state index in [0.29, 0.717) is 5.57 Å². The van der Waals surface area contributed by atoms with Crippen LogP contribution in [0.25, 0.3) is 0 Å². The van der Waals surface area contributed by atoms with E-state index in [1.54, 1.807) is 6.08 Å². The molecule has 2 N–H and O–H groups in total. The lowest BCUT2D eigenvalue weighted by molar-refractivity contribution is -0.133. The second kappa shape index (κ2) is 10.5. The van der Waals surface area contributed by atoms with Crippen LogP contribution in [-0.2, 0) is 4.79 Å². The number of carboxylic acids is 1. The first-order valence-electron chi connectivity index (χ1n) is 10.2. The minimum atomic E-state index is -0.836. The van der Waals surface area contributed by atoms with E-state index in [1.165, 1.54) is 5.57 Å². The van der Waals surface area contributed by atoms with Crippen LogP contribution in [0.4, 0.5) is 0 Å². The molecular weight excluding hydrogens is 350 g/mol. The van der Waals surface area contributed by atoms with Crippen molar-refractivity contribution in [1.82, 2.24) is 4.90 Å². The number of allylic oxidation sites excluding steroid dienone is 3. The lowest BCUT2D eigenvalue weighted by Gasteiger charge is -2.36. The lowest BCUT2D eigenvalue weighted by atomic mass is 9.80. The van der Waals surface area contributed by atoms with Gasteiger partial charge in [-0.05, 0) is 38.6 Å². The van der Waals surface area contributed by atoms with Crippen LogP contribution in [-0.4, -0.2) is 51.7 Å². The summed E-state index contributed by atoms with van der Waals surface area (Å²) in [7, 11) is 0. The Kier molecular flexibility index (Phi) is 8.65. The van der Waals surface area contributed by atoms with Crippen LogP contribution in [0.15, 0.2) is 23.3 Å². The summed E-state index contributed by atoms with van der Waals surface area (Å²) in [4.78, 5) is 14.1. The highest BCUT2D eigenvalue weighted by Crippen LogP contribution is 2.38. The molecule has 1 aliphatic heterocycles. The first-order chi connectivity index (χ1) is 12.5. The number of alkyl halides is 1. The van der Waals surface area contributed by atoms with Gasteiger partial charge in [-0.15, -0.1) is 11.6 Å². The fourth-order valence-electron chi connectivity index (χ4n) is 4.28. The van der Waals surface area contributed by atoms with Crippen LogP contribution in [0.1, 0.15) is 65.2 Å². The molecule has 0 bridgehead atoms. The Labute approximate surface area is 162 Å². The van der Waals surface area contributed by atoms with Gasteiger partial charge in [0.05, 0.1) is 11.5 Å². The Morgan fingerprint density at radius 1 is 1.31 bits per heavy atom. The Morgan fingerprint density at radius 2 is 2.08 bits per heavy atom. The first kappa shape index (κ1) is 21.5. The number of nitrogens with zero attached hydrogens (tertiary/aromatic N) is 1. The predicted molar refractivity (Wildman–Crippen MR) is 107 cm³/mol. The maximum atomic E-state index is 11.7. The molecule has 0 amide bonds. The smallest absolute Gasteiger partial charge is 0.331 e. The summed E-state index contributed by atoms with van der Waals surface area (Å²) in [6.07, 6.45) is 11.0. The van der Waals surface area contributed by atoms with E-state index in [-0.39, 0.29) is 23.4 Å². The van der Waals surface area contributed by atoms with Gasteiger partial charge in [0.1, 0.15) is 0 Å². The molecule has 0 radical (unpaired) electrons. The Bertz CT molecular complexity index is 531. The van der Waals surface area contributed by atoms with Crippen LogP contribution in [0.5, 0.6) is 0 Å². The molecule has 0 aromatic carbocycles. The second-order valence-corrected chi connectivity index (χ2v) is 8.25. The van der Waals surface area contributed by atoms with Crippen molar-refractivity contribution in [3.63, 3.8) is 0 Å². The molecule has 2 aliphatic rings. The van der Waals surface area contributed by atoms with Crippen LogP contribution >= 0.6 is 11.6 Å². The largest absolute Gasteiger partial charge is 0.478 e. The monoisotopic (exact) mass is 383 g/mol. The molecule has 1 aliphatic carbocycles. The number of hydrogen-bond donors (Lipinski definition) is 2. The van der Waals surface area contributed by atoms with Gasteiger partial charge in [0.2, 0.25) is 0 Å². The van der Waals surface area contributed by atoms with Gasteiger partial charge in [-0.3, -0.25) is 4.90 Å². The van der Waals surface area contributed by atoms with E-state index in [4.69, 9.17) is 11.6 Å². The average Bonchev–Trinajstić information content (AvgIpc) is 3.00. The van der Waals surface area contributed by atoms with Crippen molar-refractivity contribution in [3.05, 3.63) is 23.3 Å². The van der Waals surface area contributed by atoms with E-state index in [1.807, 2.05) is 6.08 Å². The molecule has 26 heavy (non-hydrogen) atoms. The highest BCUT2D eigenvalue weighted by atomic mass is 35.5. The molecule has 148 valence electrons. The summed E-state index contributed by atoms with van der Waals surface area (Å²) in [6, 6.07) is 0.0390. The highest BCUT2D eigenvalue weighted by molar-refractivity contribution is 6.21. The minimum absolute atomic E-state index is 0.0313. The quantitative estimate of drug-likeness (QED) is 0.434. The maximum Gasteiger partial charge on any atom is 0.331 e. The molecule has 0 saturated carbocycles. The molecule has 0 aromatic rings. The Balaban J connectivity index is 2.02. The summed E-state index contributed by atoms with van der Waals surface area (Å²) in [6.45, 7) is 5.95. The number of likely N-dealkylation sites (tertiary alicyclic amines) is 1. The van der Waals surface area contributed by atoms with Crippen LogP contribution in [0, 0.1) is 5.92 Å². The predicted octanol–water partition coefficient (Wildman–Crippen LogP) is 4.37.